The molecule has 3 N–H and O–H groups in total. The minimum atomic E-state index is -0.391. The Bertz CT molecular complexity index is 1260. The molecule has 1 amide bonds. The van der Waals surface area contributed by atoms with Crippen molar-refractivity contribution in [2.24, 2.45) is 5.73 Å². The standard InChI is InChI=1S/C26H23FN2O2/c27-22-9-5-4-8-19(22)20-12-10-16(14-24(28)30)26-25(20)21-15-18(11-13-23(21)29-26)31-17-6-2-1-3-7-17/h1-10,12,18,29H,11,13-15H2,(H2,28,30). The van der Waals surface area contributed by atoms with E-state index in [1.807, 2.05) is 48.5 Å². The van der Waals surface area contributed by atoms with E-state index in [0.29, 0.717) is 12.0 Å². The van der Waals surface area contributed by atoms with E-state index < -0.39 is 5.91 Å². The van der Waals surface area contributed by atoms with Gasteiger partial charge in [-0.3, -0.25) is 4.79 Å². The van der Waals surface area contributed by atoms with Gasteiger partial charge < -0.3 is 15.5 Å². The number of carbonyl (C=O) groups excluding carboxylic acids is 1. The molecule has 4 aromatic rings. The summed E-state index contributed by atoms with van der Waals surface area (Å²) in [4.78, 5) is 15.2. The molecule has 5 heteroatoms. The van der Waals surface area contributed by atoms with Crippen LogP contribution in [0.4, 0.5) is 4.39 Å². The van der Waals surface area contributed by atoms with Gasteiger partial charge in [-0.25, -0.2) is 4.39 Å². The number of amides is 1. The molecule has 0 spiro atoms. The SMILES string of the molecule is NC(=O)Cc1ccc(-c2ccccc2F)c2c3c([nH]c12)CCC(Oc1ccccc1)C3. The van der Waals surface area contributed by atoms with Crippen molar-refractivity contribution < 1.29 is 13.9 Å². The molecular weight excluding hydrogens is 391 g/mol. The summed E-state index contributed by atoms with van der Waals surface area (Å²) in [6.45, 7) is 0. The minimum absolute atomic E-state index is 0.0298. The Balaban J connectivity index is 1.63. The molecule has 0 bridgehead atoms. The van der Waals surface area contributed by atoms with Gasteiger partial charge in [-0.2, -0.15) is 0 Å². The number of aromatic amines is 1. The lowest BCUT2D eigenvalue weighted by molar-refractivity contribution is -0.117. The number of hydrogen-bond acceptors (Lipinski definition) is 2. The monoisotopic (exact) mass is 414 g/mol. The summed E-state index contributed by atoms with van der Waals surface area (Å²) in [5.41, 5.74) is 10.8. The Morgan fingerprint density at radius 3 is 2.58 bits per heavy atom. The Labute approximate surface area is 179 Å². The molecule has 0 saturated heterocycles. The maximum atomic E-state index is 14.7. The van der Waals surface area contributed by atoms with E-state index in [4.69, 9.17) is 10.5 Å². The molecule has 3 aromatic carbocycles. The van der Waals surface area contributed by atoms with E-state index >= 15 is 0 Å². The van der Waals surface area contributed by atoms with Gasteiger partial charge in [0.25, 0.3) is 0 Å². The van der Waals surface area contributed by atoms with Crippen molar-refractivity contribution in [3.63, 3.8) is 0 Å². The molecule has 1 aromatic heterocycles. The molecule has 1 unspecified atom stereocenters. The van der Waals surface area contributed by atoms with Crippen molar-refractivity contribution in [2.75, 3.05) is 0 Å². The predicted molar refractivity (Wildman–Crippen MR) is 119 cm³/mol. The highest BCUT2D eigenvalue weighted by molar-refractivity contribution is 6.01. The Kier molecular flexibility index (Phi) is 4.94. The maximum absolute atomic E-state index is 14.7. The largest absolute Gasteiger partial charge is 0.490 e. The fraction of sp³-hybridized carbons (Fsp3) is 0.192. The van der Waals surface area contributed by atoms with Crippen molar-refractivity contribution in [3.05, 3.63) is 89.4 Å². The van der Waals surface area contributed by atoms with Crippen molar-refractivity contribution in [1.29, 1.82) is 0 Å². The molecule has 0 saturated carbocycles. The number of halogens is 1. The summed E-state index contributed by atoms with van der Waals surface area (Å²) in [7, 11) is 0. The van der Waals surface area contributed by atoms with Crippen LogP contribution in [-0.2, 0) is 24.1 Å². The summed E-state index contributed by atoms with van der Waals surface area (Å²) in [6.07, 6.45) is 2.59. The van der Waals surface area contributed by atoms with E-state index in [9.17, 15) is 9.18 Å². The van der Waals surface area contributed by atoms with E-state index in [-0.39, 0.29) is 18.3 Å². The first-order chi connectivity index (χ1) is 15.1. The van der Waals surface area contributed by atoms with Gasteiger partial charge in [-0.05, 0) is 47.7 Å². The molecule has 1 aliphatic rings. The summed E-state index contributed by atoms with van der Waals surface area (Å²) in [6, 6.07) is 20.4. The Morgan fingerprint density at radius 1 is 1.03 bits per heavy atom. The van der Waals surface area contributed by atoms with Gasteiger partial charge in [0, 0.05) is 23.1 Å². The summed E-state index contributed by atoms with van der Waals surface area (Å²) >= 11 is 0. The number of rotatable bonds is 5. The first-order valence-electron chi connectivity index (χ1n) is 10.5. The number of carbonyl (C=O) groups is 1. The third kappa shape index (κ3) is 3.67. The molecule has 0 aliphatic heterocycles. The molecule has 4 nitrogen and oxygen atoms in total. The van der Waals surface area contributed by atoms with Gasteiger partial charge in [-0.1, -0.05) is 48.5 Å². The zero-order valence-electron chi connectivity index (χ0n) is 17.0. The van der Waals surface area contributed by atoms with Gasteiger partial charge in [0.2, 0.25) is 5.91 Å². The molecule has 1 aliphatic carbocycles. The summed E-state index contributed by atoms with van der Waals surface area (Å²) in [5.74, 6) is 0.187. The van der Waals surface area contributed by atoms with Crippen LogP contribution in [0.15, 0.2) is 66.7 Å². The second-order valence-corrected chi connectivity index (χ2v) is 8.02. The van der Waals surface area contributed by atoms with E-state index in [1.165, 1.54) is 6.07 Å². The summed E-state index contributed by atoms with van der Waals surface area (Å²) < 4.78 is 20.9. The molecule has 156 valence electrons. The van der Waals surface area contributed by atoms with Gasteiger partial charge in [0.1, 0.15) is 17.7 Å². The molecule has 31 heavy (non-hydrogen) atoms. The molecule has 5 rings (SSSR count). The third-order valence-corrected chi connectivity index (χ3v) is 5.96. The Morgan fingerprint density at radius 2 is 1.81 bits per heavy atom. The lowest BCUT2D eigenvalue weighted by Crippen LogP contribution is -2.25. The van der Waals surface area contributed by atoms with Crippen LogP contribution in [0.2, 0.25) is 0 Å². The van der Waals surface area contributed by atoms with Gasteiger partial charge >= 0.3 is 0 Å². The predicted octanol–water partition coefficient (Wildman–Crippen LogP) is 4.94. The summed E-state index contributed by atoms with van der Waals surface area (Å²) in [5, 5.41) is 0.959. The molecule has 0 fully saturated rings. The topological polar surface area (TPSA) is 68.1 Å². The third-order valence-electron chi connectivity index (χ3n) is 5.96. The number of H-pyrrole nitrogens is 1. The first kappa shape index (κ1) is 19.4. The second kappa shape index (κ2) is 7.91. The molecule has 0 radical (unpaired) electrons. The average molecular weight is 414 g/mol. The van der Waals surface area contributed by atoms with Crippen LogP contribution in [0.1, 0.15) is 23.2 Å². The quantitative estimate of drug-likeness (QED) is 0.486. The number of nitrogens with one attached hydrogen (secondary N) is 1. The van der Waals surface area contributed by atoms with E-state index in [0.717, 1.165) is 51.9 Å². The molecule has 1 heterocycles. The fourth-order valence-electron chi connectivity index (χ4n) is 4.58. The van der Waals surface area contributed by atoms with Crippen molar-refractivity contribution in [3.8, 4) is 16.9 Å². The normalized spacial score (nSPS) is 15.6. The number of hydrogen-bond donors (Lipinski definition) is 2. The maximum Gasteiger partial charge on any atom is 0.221 e. The van der Waals surface area contributed by atoms with Crippen LogP contribution in [0.3, 0.4) is 0 Å². The van der Waals surface area contributed by atoms with E-state index in [1.54, 1.807) is 12.1 Å². The smallest absolute Gasteiger partial charge is 0.221 e. The van der Waals surface area contributed by atoms with Crippen LogP contribution in [0, 0.1) is 5.82 Å². The van der Waals surface area contributed by atoms with Crippen molar-refractivity contribution in [2.45, 2.75) is 31.8 Å². The number of benzene rings is 3. The number of ether oxygens (including phenoxy) is 1. The van der Waals surface area contributed by atoms with E-state index in [2.05, 4.69) is 4.98 Å². The Hall–Kier alpha value is -3.60. The lowest BCUT2D eigenvalue weighted by Gasteiger charge is -2.24. The van der Waals surface area contributed by atoms with Crippen LogP contribution in [0.25, 0.3) is 22.0 Å². The van der Waals surface area contributed by atoms with Crippen LogP contribution in [0.5, 0.6) is 5.75 Å². The average Bonchev–Trinajstić information content (AvgIpc) is 3.15. The van der Waals surface area contributed by atoms with Gasteiger partial charge in [-0.15, -0.1) is 0 Å². The van der Waals surface area contributed by atoms with Crippen LogP contribution < -0.4 is 10.5 Å². The van der Waals surface area contributed by atoms with Gasteiger partial charge in [0.15, 0.2) is 0 Å². The molecule has 1 atom stereocenters. The van der Waals surface area contributed by atoms with Crippen LogP contribution in [-0.4, -0.2) is 17.0 Å². The molecular formula is C26H23FN2O2. The van der Waals surface area contributed by atoms with Crippen LogP contribution >= 0.6 is 0 Å². The van der Waals surface area contributed by atoms with Crippen molar-refractivity contribution in [1.82, 2.24) is 4.98 Å². The second-order valence-electron chi connectivity index (χ2n) is 8.02. The lowest BCUT2D eigenvalue weighted by atomic mass is 9.89. The fourth-order valence-corrected chi connectivity index (χ4v) is 4.58. The zero-order chi connectivity index (χ0) is 21.4. The number of fused-ring (bicyclic) bond motifs is 3. The zero-order valence-corrected chi connectivity index (χ0v) is 17.0. The number of primary amides is 1. The van der Waals surface area contributed by atoms with Gasteiger partial charge in [0.05, 0.1) is 11.9 Å². The minimum Gasteiger partial charge on any atom is -0.490 e. The highest BCUT2D eigenvalue weighted by Crippen LogP contribution is 2.39. The number of nitrogens with two attached hydrogens (primary N) is 1. The van der Waals surface area contributed by atoms with Crippen molar-refractivity contribution >= 4 is 16.8 Å². The number of aryl methyl sites for hydroxylation is 1. The highest BCUT2D eigenvalue weighted by atomic mass is 19.1. The highest BCUT2D eigenvalue weighted by Gasteiger charge is 2.27. The first-order valence-corrected chi connectivity index (χ1v) is 10.5. The number of aromatic nitrogens is 1. The number of para-hydroxylation sites is 1.